The van der Waals surface area contributed by atoms with Crippen molar-refractivity contribution in [2.75, 3.05) is 37.9 Å². The Morgan fingerprint density at radius 3 is 2.65 bits per heavy atom. The zero-order valence-electron chi connectivity index (χ0n) is 17.1. The molecule has 9 nitrogen and oxygen atoms in total. The number of aryl methyl sites for hydroxylation is 1. The summed E-state index contributed by atoms with van der Waals surface area (Å²) < 4.78 is 12.4. The van der Waals surface area contributed by atoms with Crippen molar-refractivity contribution in [3.05, 3.63) is 60.2 Å². The number of hydrogen-bond acceptors (Lipinski definition) is 7. The third-order valence-electron chi connectivity index (χ3n) is 5.28. The van der Waals surface area contributed by atoms with E-state index in [9.17, 15) is 4.79 Å². The molecule has 0 N–H and O–H groups in total. The Labute approximate surface area is 179 Å². The molecule has 1 amide bonds. The monoisotopic (exact) mass is 418 g/mol. The van der Waals surface area contributed by atoms with Crippen LogP contribution in [0.3, 0.4) is 0 Å². The Balaban J connectivity index is 1.22. The third kappa shape index (κ3) is 4.07. The van der Waals surface area contributed by atoms with Crippen molar-refractivity contribution in [2.24, 2.45) is 0 Å². The van der Waals surface area contributed by atoms with E-state index in [1.54, 1.807) is 23.0 Å². The number of amides is 1. The van der Waals surface area contributed by atoms with Gasteiger partial charge in [0.1, 0.15) is 11.6 Å². The first-order valence-electron chi connectivity index (χ1n) is 10.1. The molecule has 2 aliphatic heterocycles. The van der Waals surface area contributed by atoms with Gasteiger partial charge < -0.3 is 19.3 Å². The van der Waals surface area contributed by atoms with E-state index in [1.165, 1.54) is 0 Å². The molecular formula is C22H22N6O3. The van der Waals surface area contributed by atoms with Crippen LogP contribution in [0.2, 0.25) is 0 Å². The number of ether oxygens (including phenoxy) is 2. The minimum atomic E-state index is -0.00610. The smallest absolute Gasteiger partial charge is 0.246 e. The van der Waals surface area contributed by atoms with E-state index in [1.807, 2.05) is 48.4 Å². The summed E-state index contributed by atoms with van der Waals surface area (Å²) in [5.74, 6) is 3.70. The van der Waals surface area contributed by atoms with E-state index in [0.717, 1.165) is 22.9 Å². The summed E-state index contributed by atoms with van der Waals surface area (Å²) >= 11 is 0. The molecule has 0 radical (unpaired) electrons. The van der Waals surface area contributed by atoms with Crippen LogP contribution in [0.15, 0.2) is 48.8 Å². The summed E-state index contributed by atoms with van der Waals surface area (Å²) in [5.41, 5.74) is 0.902. The Morgan fingerprint density at radius 1 is 1.03 bits per heavy atom. The average molecular weight is 418 g/mol. The molecule has 3 aromatic rings. The van der Waals surface area contributed by atoms with Gasteiger partial charge in [0.25, 0.3) is 0 Å². The van der Waals surface area contributed by atoms with Crippen molar-refractivity contribution < 1.29 is 14.3 Å². The largest absolute Gasteiger partial charge is 0.454 e. The second-order valence-electron chi connectivity index (χ2n) is 7.34. The second-order valence-corrected chi connectivity index (χ2v) is 7.34. The standard InChI is InChI=1S/C22H22N6O3/c1-16-24-20(14-21(25-16)28-8-2-7-23-28)26-9-11-27(12-10-26)22(29)6-4-17-3-5-18-19(13-17)31-15-30-18/h2-8,13-14H,9-12,15H2,1H3/b6-4+. The van der Waals surface area contributed by atoms with Crippen molar-refractivity contribution in [1.29, 1.82) is 0 Å². The Bertz CT molecular complexity index is 1120. The highest BCUT2D eigenvalue weighted by Crippen LogP contribution is 2.32. The van der Waals surface area contributed by atoms with Gasteiger partial charge in [0.2, 0.25) is 12.7 Å². The quantitative estimate of drug-likeness (QED) is 0.600. The summed E-state index contributed by atoms with van der Waals surface area (Å²) in [4.78, 5) is 25.7. The van der Waals surface area contributed by atoms with Crippen LogP contribution in [0, 0.1) is 6.92 Å². The lowest BCUT2D eigenvalue weighted by Crippen LogP contribution is -2.48. The molecule has 0 bridgehead atoms. The first kappa shape index (κ1) is 19.1. The molecule has 31 heavy (non-hydrogen) atoms. The molecule has 2 aliphatic rings. The van der Waals surface area contributed by atoms with Gasteiger partial charge in [-0.2, -0.15) is 5.10 Å². The van der Waals surface area contributed by atoms with Crippen molar-refractivity contribution >= 4 is 17.8 Å². The summed E-state index contributed by atoms with van der Waals surface area (Å²) in [6.07, 6.45) is 6.99. The van der Waals surface area contributed by atoms with Gasteiger partial charge in [-0.3, -0.25) is 4.79 Å². The molecule has 0 atom stereocenters. The van der Waals surface area contributed by atoms with Gasteiger partial charge in [-0.1, -0.05) is 6.07 Å². The number of nitrogens with zero attached hydrogens (tertiary/aromatic N) is 6. The van der Waals surface area contributed by atoms with Crippen molar-refractivity contribution in [1.82, 2.24) is 24.6 Å². The maximum atomic E-state index is 12.6. The summed E-state index contributed by atoms with van der Waals surface area (Å²) in [7, 11) is 0. The Hall–Kier alpha value is -3.88. The minimum absolute atomic E-state index is 0.00610. The van der Waals surface area contributed by atoms with Crippen LogP contribution >= 0.6 is 0 Å². The number of benzene rings is 1. The molecule has 0 saturated carbocycles. The number of hydrogen-bond donors (Lipinski definition) is 0. The maximum absolute atomic E-state index is 12.6. The van der Waals surface area contributed by atoms with Crippen LogP contribution in [-0.4, -0.2) is 63.5 Å². The predicted molar refractivity (Wildman–Crippen MR) is 114 cm³/mol. The maximum Gasteiger partial charge on any atom is 0.246 e. The van der Waals surface area contributed by atoms with Gasteiger partial charge in [0.05, 0.1) is 0 Å². The molecule has 9 heteroatoms. The summed E-state index contributed by atoms with van der Waals surface area (Å²) in [6, 6.07) is 9.42. The lowest BCUT2D eigenvalue weighted by Gasteiger charge is -2.35. The van der Waals surface area contributed by atoms with Crippen molar-refractivity contribution in [3.8, 4) is 17.3 Å². The minimum Gasteiger partial charge on any atom is -0.454 e. The van der Waals surface area contributed by atoms with Crippen LogP contribution in [0.5, 0.6) is 11.5 Å². The molecule has 1 fully saturated rings. The van der Waals surface area contributed by atoms with Gasteiger partial charge in [0.15, 0.2) is 17.3 Å². The van der Waals surface area contributed by atoms with E-state index >= 15 is 0 Å². The first-order chi connectivity index (χ1) is 15.2. The fourth-order valence-corrected chi connectivity index (χ4v) is 3.67. The highest BCUT2D eigenvalue weighted by atomic mass is 16.7. The molecule has 2 aromatic heterocycles. The second kappa shape index (κ2) is 8.10. The average Bonchev–Trinajstić information content (AvgIpc) is 3.49. The number of piperazine rings is 1. The summed E-state index contributed by atoms with van der Waals surface area (Å²) in [6.45, 7) is 4.78. The molecule has 1 aromatic carbocycles. The van der Waals surface area contributed by atoms with E-state index in [4.69, 9.17) is 9.47 Å². The normalized spacial score (nSPS) is 15.6. The number of carbonyl (C=O) groups is 1. The lowest BCUT2D eigenvalue weighted by molar-refractivity contribution is -0.126. The number of anilines is 1. The zero-order chi connectivity index (χ0) is 21.2. The lowest BCUT2D eigenvalue weighted by atomic mass is 10.2. The fraction of sp³-hybridized carbons (Fsp3) is 0.273. The van der Waals surface area contributed by atoms with Gasteiger partial charge in [-0.15, -0.1) is 0 Å². The number of fused-ring (bicyclic) bond motifs is 1. The molecule has 0 aliphatic carbocycles. The van der Waals surface area contributed by atoms with E-state index in [-0.39, 0.29) is 12.7 Å². The fourth-order valence-electron chi connectivity index (χ4n) is 3.67. The van der Waals surface area contributed by atoms with Crippen LogP contribution in [-0.2, 0) is 4.79 Å². The van der Waals surface area contributed by atoms with Gasteiger partial charge >= 0.3 is 0 Å². The summed E-state index contributed by atoms with van der Waals surface area (Å²) in [5, 5.41) is 4.25. The van der Waals surface area contributed by atoms with Crippen LogP contribution in [0.25, 0.3) is 11.9 Å². The topological polar surface area (TPSA) is 85.6 Å². The Kier molecular flexibility index (Phi) is 4.99. The molecule has 0 unspecified atom stereocenters. The highest BCUT2D eigenvalue weighted by molar-refractivity contribution is 5.92. The van der Waals surface area contributed by atoms with E-state index in [0.29, 0.717) is 37.8 Å². The van der Waals surface area contributed by atoms with Gasteiger partial charge in [0, 0.05) is 50.7 Å². The van der Waals surface area contributed by atoms with Gasteiger partial charge in [-0.25, -0.2) is 14.6 Å². The highest BCUT2D eigenvalue weighted by Gasteiger charge is 2.21. The molecule has 4 heterocycles. The van der Waals surface area contributed by atoms with Gasteiger partial charge in [-0.05, 0) is 36.8 Å². The Morgan fingerprint density at radius 2 is 1.84 bits per heavy atom. The van der Waals surface area contributed by atoms with Crippen LogP contribution in [0.1, 0.15) is 11.4 Å². The third-order valence-corrected chi connectivity index (χ3v) is 5.28. The number of rotatable bonds is 4. The molecular weight excluding hydrogens is 396 g/mol. The number of carbonyl (C=O) groups excluding carboxylic acids is 1. The molecule has 0 spiro atoms. The SMILES string of the molecule is Cc1nc(N2CCN(C(=O)/C=C/c3ccc4c(c3)OCO4)CC2)cc(-n2cccn2)n1. The molecule has 158 valence electrons. The van der Waals surface area contributed by atoms with E-state index < -0.39 is 0 Å². The van der Waals surface area contributed by atoms with Crippen LogP contribution < -0.4 is 14.4 Å². The van der Waals surface area contributed by atoms with Crippen molar-refractivity contribution in [2.45, 2.75) is 6.92 Å². The molecule has 1 saturated heterocycles. The van der Waals surface area contributed by atoms with Crippen LogP contribution in [0.4, 0.5) is 5.82 Å². The van der Waals surface area contributed by atoms with Crippen molar-refractivity contribution in [3.63, 3.8) is 0 Å². The first-order valence-corrected chi connectivity index (χ1v) is 10.1. The zero-order valence-corrected chi connectivity index (χ0v) is 17.1. The number of aromatic nitrogens is 4. The molecule has 5 rings (SSSR count). The van der Waals surface area contributed by atoms with E-state index in [2.05, 4.69) is 20.0 Å². The predicted octanol–water partition coefficient (Wildman–Crippen LogP) is 2.06.